The van der Waals surface area contributed by atoms with Gasteiger partial charge in [-0.1, -0.05) is 37.6 Å². The smallest absolute Gasteiger partial charge is 0.341 e. The fourth-order valence-electron chi connectivity index (χ4n) is 6.24. The largest absolute Gasteiger partial charge is 0.465 e. The molecule has 210 valence electrons. The Morgan fingerprint density at radius 1 is 1.00 bits per heavy atom. The van der Waals surface area contributed by atoms with Crippen LogP contribution >= 0.6 is 0 Å². The minimum Gasteiger partial charge on any atom is -0.465 e. The summed E-state index contributed by atoms with van der Waals surface area (Å²) >= 11 is 0. The molecule has 3 heterocycles. The monoisotopic (exact) mass is 549 g/mol. The van der Waals surface area contributed by atoms with Crippen molar-refractivity contribution in [1.29, 1.82) is 0 Å². The minimum absolute atomic E-state index is 0.0773. The number of aromatic nitrogens is 4. The topological polar surface area (TPSA) is 90.2 Å². The lowest BCUT2D eigenvalue weighted by molar-refractivity contribution is 0.0592. The van der Waals surface area contributed by atoms with E-state index in [9.17, 15) is 9.59 Å². The number of piperidine rings is 1. The van der Waals surface area contributed by atoms with Gasteiger partial charge >= 0.3 is 5.97 Å². The van der Waals surface area contributed by atoms with E-state index in [0.717, 1.165) is 66.9 Å². The number of amides is 1. The van der Waals surface area contributed by atoms with Crippen LogP contribution in [-0.2, 0) is 4.74 Å². The molecular weight excluding hydrogens is 514 g/mol. The van der Waals surface area contributed by atoms with E-state index in [0.29, 0.717) is 17.2 Å². The lowest BCUT2D eigenvalue weighted by Crippen LogP contribution is -2.43. The van der Waals surface area contributed by atoms with Crippen LogP contribution < -0.4 is 0 Å². The van der Waals surface area contributed by atoms with Gasteiger partial charge in [-0.05, 0) is 79.6 Å². The highest BCUT2D eigenvalue weighted by Gasteiger charge is 2.45. The first-order valence-corrected chi connectivity index (χ1v) is 14.5. The van der Waals surface area contributed by atoms with Gasteiger partial charge in [0.15, 0.2) is 0 Å². The Morgan fingerprint density at radius 3 is 2.61 bits per heavy atom. The first kappa shape index (κ1) is 26.9. The SMILES string of the molecule is CCCC1CCCCN1C(=O)c1cccc(-c2cccc(-n3ncc(C(=O)OC)c3C3CC3c3cccnn3)c2)c1. The van der Waals surface area contributed by atoms with E-state index >= 15 is 0 Å². The third-order valence-corrected chi connectivity index (χ3v) is 8.37. The van der Waals surface area contributed by atoms with Crippen LogP contribution in [0.1, 0.15) is 89.4 Å². The number of benzene rings is 2. The minimum atomic E-state index is -0.405. The molecule has 1 aliphatic heterocycles. The Labute approximate surface area is 240 Å². The number of carbonyl (C=O) groups is 2. The van der Waals surface area contributed by atoms with Crippen LogP contribution in [0.5, 0.6) is 0 Å². The highest BCUT2D eigenvalue weighted by Crippen LogP contribution is 2.55. The van der Waals surface area contributed by atoms with Gasteiger partial charge in [0.05, 0.1) is 30.4 Å². The molecule has 1 saturated carbocycles. The Bertz CT molecular complexity index is 1550. The van der Waals surface area contributed by atoms with Crippen LogP contribution in [-0.4, -0.2) is 56.5 Å². The lowest BCUT2D eigenvalue weighted by Gasteiger charge is -2.36. The molecule has 1 saturated heterocycles. The van der Waals surface area contributed by atoms with Gasteiger partial charge in [-0.3, -0.25) is 4.79 Å². The molecule has 8 nitrogen and oxygen atoms in total. The molecule has 8 heteroatoms. The van der Waals surface area contributed by atoms with Gasteiger partial charge in [-0.25, -0.2) is 9.48 Å². The summed E-state index contributed by atoms with van der Waals surface area (Å²) in [6.07, 6.45) is 9.56. The summed E-state index contributed by atoms with van der Waals surface area (Å²) in [5.41, 5.74) is 5.69. The van der Waals surface area contributed by atoms with Crippen LogP contribution in [0, 0.1) is 0 Å². The zero-order valence-corrected chi connectivity index (χ0v) is 23.6. The first-order chi connectivity index (χ1) is 20.1. The van der Waals surface area contributed by atoms with Gasteiger partial charge in [0.1, 0.15) is 5.56 Å². The number of rotatable bonds is 8. The second kappa shape index (κ2) is 11.6. The predicted molar refractivity (Wildman–Crippen MR) is 156 cm³/mol. The fraction of sp³-hybridized carbons (Fsp3) is 0.364. The highest BCUT2D eigenvalue weighted by atomic mass is 16.5. The first-order valence-electron chi connectivity index (χ1n) is 14.5. The molecule has 1 amide bonds. The highest BCUT2D eigenvalue weighted by molar-refractivity contribution is 5.96. The second-order valence-corrected chi connectivity index (χ2v) is 11.0. The van der Waals surface area contributed by atoms with Crippen LogP contribution in [0.25, 0.3) is 16.8 Å². The van der Waals surface area contributed by atoms with Crippen molar-refractivity contribution in [2.45, 2.75) is 63.3 Å². The average Bonchev–Trinajstić information content (AvgIpc) is 3.70. The molecule has 0 radical (unpaired) electrons. The molecule has 0 bridgehead atoms. The number of nitrogens with zero attached hydrogens (tertiary/aromatic N) is 5. The third kappa shape index (κ3) is 5.38. The van der Waals surface area contributed by atoms with E-state index in [1.807, 2.05) is 59.3 Å². The molecule has 2 aromatic carbocycles. The summed E-state index contributed by atoms with van der Waals surface area (Å²) in [5, 5.41) is 13.0. The Morgan fingerprint density at radius 2 is 1.83 bits per heavy atom. The van der Waals surface area contributed by atoms with E-state index in [1.165, 1.54) is 13.5 Å². The van der Waals surface area contributed by atoms with Crippen LogP contribution in [0.3, 0.4) is 0 Å². The molecule has 2 fully saturated rings. The van der Waals surface area contributed by atoms with Gasteiger partial charge in [-0.15, -0.1) is 0 Å². The number of hydrogen-bond donors (Lipinski definition) is 0. The third-order valence-electron chi connectivity index (χ3n) is 8.37. The summed E-state index contributed by atoms with van der Waals surface area (Å²) < 4.78 is 6.93. The summed E-state index contributed by atoms with van der Waals surface area (Å²) in [5.74, 6) is -0.0483. The summed E-state index contributed by atoms with van der Waals surface area (Å²) in [7, 11) is 1.39. The molecule has 6 rings (SSSR count). The van der Waals surface area contributed by atoms with Gasteiger partial charge in [-0.2, -0.15) is 15.3 Å². The molecular formula is C33H35N5O3. The maximum absolute atomic E-state index is 13.6. The summed E-state index contributed by atoms with van der Waals surface area (Å²) in [6.45, 7) is 3.01. The number of esters is 1. The maximum Gasteiger partial charge on any atom is 0.341 e. The molecule has 3 unspecified atom stereocenters. The lowest BCUT2D eigenvalue weighted by atomic mass is 9.96. The van der Waals surface area contributed by atoms with Crippen molar-refractivity contribution in [2.75, 3.05) is 13.7 Å². The molecule has 41 heavy (non-hydrogen) atoms. The number of likely N-dealkylation sites (tertiary alicyclic amines) is 1. The number of methoxy groups -OCH3 is 1. The number of carbonyl (C=O) groups excluding carboxylic acids is 2. The van der Waals surface area contributed by atoms with E-state index in [-0.39, 0.29) is 17.7 Å². The van der Waals surface area contributed by atoms with E-state index < -0.39 is 5.97 Å². The van der Waals surface area contributed by atoms with Crippen LogP contribution in [0.15, 0.2) is 73.1 Å². The van der Waals surface area contributed by atoms with Crippen molar-refractivity contribution in [2.24, 2.45) is 0 Å². The summed E-state index contributed by atoms with van der Waals surface area (Å²) in [6, 6.07) is 20.1. The van der Waals surface area contributed by atoms with Gasteiger partial charge < -0.3 is 9.64 Å². The van der Waals surface area contributed by atoms with Gasteiger partial charge in [0.25, 0.3) is 5.91 Å². The van der Waals surface area contributed by atoms with Gasteiger partial charge in [0.2, 0.25) is 0 Å². The van der Waals surface area contributed by atoms with Crippen molar-refractivity contribution in [3.63, 3.8) is 0 Å². The second-order valence-electron chi connectivity index (χ2n) is 11.0. The Balaban J connectivity index is 1.32. The molecule has 2 aliphatic rings. The molecule has 1 aliphatic carbocycles. The maximum atomic E-state index is 13.6. The van der Waals surface area contributed by atoms with E-state index in [4.69, 9.17) is 4.74 Å². The Kier molecular flexibility index (Phi) is 7.63. The van der Waals surface area contributed by atoms with Crippen molar-refractivity contribution >= 4 is 11.9 Å². The number of ether oxygens (including phenoxy) is 1. The van der Waals surface area contributed by atoms with Gasteiger partial charge in [0, 0.05) is 36.2 Å². The van der Waals surface area contributed by atoms with Crippen molar-refractivity contribution in [3.05, 3.63) is 95.6 Å². The zero-order chi connectivity index (χ0) is 28.3. The molecule has 0 spiro atoms. The molecule has 0 N–H and O–H groups in total. The van der Waals surface area contributed by atoms with E-state index in [1.54, 1.807) is 12.4 Å². The molecule has 2 aromatic heterocycles. The van der Waals surface area contributed by atoms with Crippen molar-refractivity contribution in [3.8, 4) is 16.8 Å². The quantitative estimate of drug-likeness (QED) is 0.244. The van der Waals surface area contributed by atoms with Crippen LogP contribution in [0.2, 0.25) is 0 Å². The standard InChI is InChI=1S/C33H35N5O3/c1-3-9-25-13-4-5-17-37(25)32(39)24-12-6-10-22(18-24)23-11-7-14-26(19-23)38-31(29(21-35-38)33(40)41-2)28-20-27(28)30-15-8-16-34-36-30/h6-8,10-12,14-16,18-19,21,25,27-28H,3-5,9,13,17,20H2,1-2H3. The Hall–Kier alpha value is -4.33. The average molecular weight is 550 g/mol. The summed E-state index contributed by atoms with van der Waals surface area (Å²) in [4.78, 5) is 28.4. The van der Waals surface area contributed by atoms with E-state index in [2.05, 4.69) is 33.2 Å². The normalized spacial score (nSPS) is 20.0. The molecule has 3 atom stereocenters. The molecule has 4 aromatic rings. The van der Waals surface area contributed by atoms with Crippen LogP contribution in [0.4, 0.5) is 0 Å². The number of hydrogen-bond acceptors (Lipinski definition) is 6. The van der Waals surface area contributed by atoms with Crippen molar-refractivity contribution in [1.82, 2.24) is 24.9 Å². The zero-order valence-electron chi connectivity index (χ0n) is 23.6. The predicted octanol–water partition coefficient (Wildman–Crippen LogP) is 6.18. The fourth-order valence-corrected chi connectivity index (χ4v) is 6.24. The van der Waals surface area contributed by atoms with Crippen molar-refractivity contribution < 1.29 is 14.3 Å².